The minimum atomic E-state index is -0.407. The lowest BCUT2D eigenvalue weighted by Crippen LogP contribution is -2.27. The van der Waals surface area contributed by atoms with E-state index in [4.69, 9.17) is 0 Å². The molecule has 2 aromatic carbocycles. The van der Waals surface area contributed by atoms with Crippen LogP contribution in [0.4, 0.5) is 8.78 Å². The molecule has 0 unspecified atom stereocenters. The summed E-state index contributed by atoms with van der Waals surface area (Å²) in [6.07, 6.45) is 2.52. The van der Waals surface area contributed by atoms with Gasteiger partial charge in [-0.1, -0.05) is 18.2 Å². The Hall–Kier alpha value is -3.28. The van der Waals surface area contributed by atoms with Crippen molar-refractivity contribution in [3.63, 3.8) is 0 Å². The number of rotatable bonds is 6. The van der Waals surface area contributed by atoms with Gasteiger partial charge in [-0.3, -0.25) is 14.2 Å². The lowest BCUT2D eigenvalue weighted by atomic mass is 10.1. The van der Waals surface area contributed by atoms with E-state index in [-0.39, 0.29) is 17.3 Å². The van der Waals surface area contributed by atoms with Gasteiger partial charge in [-0.05, 0) is 54.8 Å². The zero-order valence-corrected chi connectivity index (χ0v) is 14.5. The van der Waals surface area contributed by atoms with Crippen molar-refractivity contribution < 1.29 is 13.6 Å². The molecule has 1 aromatic heterocycles. The predicted molar refractivity (Wildman–Crippen MR) is 99.1 cm³/mol. The summed E-state index contributed by atoms with van der Waals surface area (Å²) in [5, 5.41) is 2.76. The molecule has 1 heterocycles. The number of nitrogens with zero attached hydrogens (tertiary/aromatic N) is 1. The zero-order chi connectivity index (χ0) is 19.2. The van der Waals surface area contributed by atoms with E-state index in [1.807, 2.05) is 0 Å². The highest BCUT2D eigenvalue weighted by Gasteiger charge is 2.09. The Labute approximate surface area is 155 Å². The summed E-state index contributed by atoms with van der Waals surface area (Å²) >= 11 is 0. The Morgan fingerprint density at radius 1 is 0.963 bits per heavy atom. The molecule has 0 aliphatic heterocycles. The van der Waals surface area contributed by atoms with Crippen LogP contribution >= 0.6 is 0 Å². The van der Waals surface area contributed by atoms with E-state index in [1.54, 1.807) is 18.2 Å². The monoisotopic (exact) mass is 368 g/mol. The molecule has 4 nitrogen and oxygen atoms in total. The summed E-state index contributed by atoms with van der Waals surface area (Å²) in [6, 6.07) is 14.7. The maximum absolute atomic E-state index is 13.6. The SMILES string of the molecule is O=C(NCCCc1ccccc1F)c1ccc(=O)n(-c2ccc(F)cc2)c1. The van der Waals surface area contributed by atoms with Crippen LogP contribution in [0.1, 0.15) is 22.3 Å². The maximum Gasteiger partial charge on any atom is 0.255 e. The van der Waals surface area contributed by atoms with Crippen molar-refractivity contribution in [2.75, 3.05) is 6.54 Å². The van der Waals surface area contributed by atoms with Crippen molar-refractivity contribution in [2.45, 2.75) is 12.8 Å². The molecule has 0 saturated carbocycles. The van der Waals surface area contributed by atoms with Gasteiger partial charge >= 0.3 is 0 Å². The minimum Gasteiger partial charge on any atom is -0.352 e. The zero-order valence-electron chi connectivity index (χ0n) is 14.5. The summed E-state index contributed by atoms with van der Waals surface area (Å²) in [5.74, 6) is -0.995. The van der Waals surface area contributed by atoms with Gasteiger partial charge in [0, 0.05) is 24.5 Å². The number of carbonyl (C=O) groups is 1. The van der Waals surface area contributed by atoms with Crippen LogP contribution in [-0.4, -0.2) is 17.0 Å². The summed E-state index contributed by atoms with van der Waals surface area (Å²) in [6.45, 7) is 0.378. The molecule has 6 heteroatoms. The molecule has 0 aliphatic carbocycles. The van der Waals surface area contributed by atoms with E-state index < -0.39 is 5.82 Å². The molecule has 3 aromatic rings. The normalized spacial score (nSPS) is 10.6. The summed E-state index contributed by atoms with van der Waals surface area (Å²) < 4.78 is 27.9. The molecule has 27 heavy (non-hydrogen) atoms. The highest BCUT2D eigenvalue weighted by molar-refractivity contribution is 5.93. The fourth-order valence-corrected chi connectivity index (χ4v) is 2.71. The van der Waals surface area contributed by atoms with Gasteiger partial charge in [0.25, 0.3) is 11.5 Å². The molecule has 0 saturated heterocycles. The maximum atomic E-state index is 13.6. The van der Waals surface area contributed by atoms with Crippen molar-refractivity contribution in [1.29, 1.82) is 0 Å². The topological polar surface area (TPSA) is 51.1 Å². The van der Waals surface area contributed by atoms with Gasteiger partial charge in [0.1, 0.15) is 11.6 Å². The van der Waals surface area contributed by atoms with E-state index in [1.165, 1.54) is 53.2 Å². The Morgan fingerprint density at radius 2 is 1.70 bits per heavy atom. The van der Waals surface area contributed by atoms with Gasteiger partial charge in [0.15, 0.2) is 0 Å². The van der Waals surface area contributed by atoms with Gasteiger partial charge in [0.2, 0.25) is 0 Å². The molecule has 0 fully saturated rings. The second-order valence-electron chi connectivity index (χ2n) is 6.05. The third-order valence-electron chi connectivity index (χ3n) is 4.14. The second kappa shape index (κ2) is 8.40. The first-order valence-electron chi connectivity index (χ1n) is 8.55. The van der Waals surface area contributed by atoms with Crippen LogP contribution in [0.3, 0.4) is 0 Å². The first-order valence-corrected chi connectivity index (χ1v) is 8.55. The lowest BCUT2D eigenvalue weighted by molar-refractivity contribution is 0.0952. The molecule has 0 aliphatic rings. The predicted octanol–water partition coefficient (Wildman–Crippen LogP) is 3.48. The van der Waals surface area contributed by atoms with Crippen LogP contribution in [0.5, 0.6) is 0 Å². The molecule has 0 atom stereocenters. The number of aryl methyl sites for hydroxylation is 1. The molecule has 1 amide bonds. The van der Waals surface area contributed by atoms with Gasteiger partial charge in [0.05, 0.1) is 5.56 Å². The van der Waals surface area contributed by atoms with Crippen LogP contribution in [0.25, 0.3) is 5.69 Å². The Bertz CT molecular complexity index is 998. The number of aromatic nitrogens is 1. The van der Waals surface area contributed by atoms with Crippen LogP contribution < -0.4 is 10.9 Å². The highest BCUT2D eigenvalue weighted by Crippen LogP contribution is 2.09. The molecule has 0 spiro atoms. The molecular formula is C21H18F2N2O2. The average molecular weight is 368 g/mol. The van der Waals surface area contributed by atoms with Crippen LogP contribution in [0.15, 0.2) is 71.7 Å². The highest BCUT2D eigenvalue weighted by atomic mass is 19.1. The van der Waals surface area contributed by atoms with Crippen LogP contribution in [0, 0.1) is 11.6 Å². The first-order chi connectivity index (χ1) is 13.0. The molecule has 138 valence electrons. The Kier molecular flexibility index (Phi) is 5.76. The molecule has 0 bridgehead atoms. The number of carbonyl (C=O) groups excluding carboxylic acids is 1. The molecule has 0 radical (unpaired) electrons. The number of hydrogen-bond acceptors (Lipinski definition) is 2. The number of hydrogen-bond donors (Lipinski definition) is 1. The quantitative estimate of drug-likeness (QED) is 0.678. The fraction of sp³-hybridized carbons (Fsp3) is 0.143. The van der Waals surface area contributed by atoms with Gasteiger partial charge in [-0.25, -0.2) is 8.78 Å². The number of amides is 1. The second-order valence-corrected chi connectivity index (χ2v) is 6.05. The number of benzene rings is 2. The molecular weight excluding hydrogens is 350 g/mol. The first kappa shape index (κ1) is 18.5. The summed E-state index contributed by atoms with van der Waals surface area (Å²) in [5.41, 5.74) is 1.06. The fourth-order valence-electron chi connectivity index (χ4n) is 2.71. The lowest BCUT2D eigenvalue weighted by Gasteiger charge is -2.09. The number of halogens is 2. The standard InChI is InChI=1S/C21H18F2N2O2/c22-17-8-10-18(11-9-17)25-14-16(7-12-20(25)26)21(27)24-13-3-5-15-4-1-2-6-19(15)23/h1-2,4,6-12,14H,3,5,13H2,(H,24,27). The van der Waals surface area contributed by atoms with E-state index in [0.717, 1.165) is 0 Å². The van der Waals surface area contributed by atoms with Crippen molar-refractivity contribution in [2.24, 2.45) is 0 Å². The Balaban J connectivity index is 1.63. The van der Waals surface area contributed by atoms with E-state index in [2.05, 4.69) is 5.32 Å². The Morgan fingerprint density at radius 3 is 2.44 bits per heavy atom. The number of nitrogens with one attached hydrogen (secondary N) is 1. The minimum absolute atomic E-state index is 0.254. The van der Waals surface area contributed by atoms with E-state index in [9.17, 15) is 18.4 Å². The van der Waals surface area contributed by atoms with Crippen molar-refractivity contribution in [3.8, 4) is 5.69 Å². The molecule has 3 rings (SSSR count). The average Bonchev–Trinajstić information content (AvgIpc) is 2.67. The van der Waals surface area contributed by atoms with Gasteiger partial charge in [-0.2, -0.15) is 0 Å². The van der Waals surface area contributed by atoms with Crippen molar-refractivity contribution >= 4 is 5.91 Å². The molecule has 1 N–H and O–H groups in total. The van der Waals surface area contributed by atoms with Crippen LogP contribution in [0.2, 0.25) is 0 Å². The van der Waals surface area contributed by atoms with Crippen LogP contribution in [-0.2, 0) is 6.42 Å². The van der Waals surface area contributed by atoms with Gasteiger partial charge in [-0.15, -0.1) is 0 Å². The third-order valence-corrected chi connectivity index (χ3v) is 4.14. The van der Waals surface area contributed by atoms with Crippen molar-refractivity contribution in [3.05, 3.63) is 100.0 Å². The number of pyridine rings is 1. The van der Waals surface area contributed by atoms with E-state index >= 15 is 0 Å². The largest absolute Gasteiger partial charge is 0.352 e. The third kappa shape index (κ3) is 4.67. The summed E-state index contributed by atoms with van der Waals surface area (Å²) in [7, 11) is 0. The summed E-state index contributed by atoms with van der Waals surface area (Å²) in [4.78, 5) is 24.3. The smallest absolute Gasteiger partial charge is 0.255 e. The van der Waals surface area contributed by atoms with Crippen molar-refractivity contribution in [1.82, 2.24) is 9.88 Å². The van der Waals surface area contributed by atoms with Gasteiger partial charge < -0.3 is 5.32 Å². The van der Waals surface area contributed by atoms with E-state index in [0.29, 0.717) is 36.2 Å².